The van der Waals surface area contributed by atoms with Gasteiger partial charge in [0.25, 0.3) is 0 Å². The highest BCUT2D eigenvalue weighted by Gasteiger charge is 2.00. The highest BCUT2D eigenvalue weighted by molar-refractivity contribution is 4.51. The molecule has 0 fully saturated rings. The molecule has 0 bridgehead atoms. The largest absolute Gasteiger partial charge is 0.378 e. The summed E-state index contributed by atoms with van der Waals surface area (Å²) in [6.45, 7) is 8.18. The SMILES string of the molecule is CC(C)CCCOC(C)CCN. The number of ether oxygens (including phenoxy) is 1. The van der Waals surface area contributed by atoms with Crippen LogP contribution < -0.4 is 5.73 Å². The van der Waals surface area contributed by atoms with Gasteiger partial charge >= 0.3 is 0 Å². The summed E-state index contributed by atoms with van der Waals surface area (Å²) in [5.41, 5.74) is 5.40. The molecule has 0 aliphatic heterocycles. The van der Waals surface area contributed by atoms with Gasteiger partial charge in [-0.3, -0.25) is 0 Å². The molecule has 0 aromatic rings. The zero-order valence-electron chi connectivity index (χ0n) is 8.68. The summed E-state index contributed by atoms with van der Waals surface area (Å²) < 4.78 is 5.55. The zero-order chi connectivity index (χ0) is 9.40. The summed E-state index contributed by atoms with van der Waals surface area (Å²) in [5.74, 6) is 0.790. The van der Waals surface area contributed by atoms with Gasteiger partial charge in [0.15, 0.2) is 0 Å². The Morgan fingerprint density at radius 2 is 1.83 bits per heavy atom. The summed E-state index contributed by atoms with van der Waals surface area (Å²) in [6, 6.07) is 0. The highest BCUT2D eigenvalue weighted by Crippen LogP contribution is 2.05. The van der Waals surface area contributed by atoms with Crippen LogP contribution in [0.5, 0.6) is 0 Å². The summed E-state index contributed by atoms with van der Waals surface area (Å²) in [5, 5.41) is 0. The third-order valence-corrected chi connectivity index (χ3v) is 1.90. The molecule has 0 saturated carbocycles. The van der Waals surface area contributed by atoms with Crippen LogP contribution in [-0.4, -0.2) is 19.3 Å². The Kier molecular flexibility index (Phi) is 7.51. The number of hydrogen-bond donors (Lipinski definition) is 1. The normalized spacial score (nSPS) is 13.8. The molecule has 0 aromatic heterocycles. The summed E-state index contributed by atoms with van der Waals surface area (Å²) in [6.07, 6.45) is 3.74. The van der Waals surface area contributed by atoms with Crippen LogP contribution >= 0.6 is 0 Å². The third-order valence-electron chi connectivity index (χ3n) is 1.90. The van der Waals surface area contributed by atoms with Gasteiger partial charge in [0.05, 0.1) is 6.10 Å². The standard InChI is InChI=1S/C10H23NO/c1-9(2)5-4-8-12-10(3)6-7-11/h9-10H,4-8,11H2,1-3H3. The minimum Gasteiger partial charge on any atom is -0.378 e. The highest BCUT2D eigenvalue weighted by atomic mass is 16.5. The van der Waals surface area contributed by atoms with Crippen molar-refractivity contribution in [3.05, 3.63) is 0 Å². The van der Waals surface area contributed by atoms with Crippen LogP contribution in [0.4, 0.5) is 0 Å². The first-order chi connectivity index (χ1) is 5.66. The van der Waals surface area contributed by atoms with Crippen LogP contribution in [-0.2, 0) is 4.74 Å². The van der Waals surface area contributed by atoms with E-state index in [1.165, 1.54) is 12.8 Å². The van der Waals surface area contributed by atoms with E-state index in [1.54, 1.807) is 0 Å². The Balaban J connectivity index is 3.08. The van der Waals surface area contributed by atoms with Gasteiger partial charge in [-0.2, -0.15) is 0 Å². The molecule has 0 aliphatic carbocycles. The van der Waals surface area contributed by atoms with Crippen molar-refractivity contribution in [2.75, 3.05) is 13.2 Å². The lowest BCUT2D eigenvalue weighted by Crippen LogP contribution is -2.14. The maximum Gasteiger partial charge on any atom is 0.0559 e. The maximum atomic E-state index is 5.55. The van der Waals surface area contributed by atoms with Crippen molar-refractivity contribution in [2.45, 2.75) is 46.1 Å². The van der Waals surface area contributed by atoms with Crippen molar-refractivity contribution in [2.24, 2.45) is 11.7 Å². The van der Waals surface area contributed by atoms with Crippen LogP contribution in [0.2, 0.25) is 0 Å². The Labute approximate surface area is 76.5 Å². The molecule has 0 amide bonds. The van der Waals surface area contributed by atoms with E-state index < -0.39 is 0 Å². The topological polar surface area (TPSA) is 35.2 Å². The molecule has 12 heavy (non-hydrogen) atoms. The lowest BCUT2D eigenvalue weighted by atomic mass is 10.1. The Hall–Kier alpha value is -0.0800. The van der Waals surface area contributed by atoms with Gasteiger partial charge in [-0.1, -0.05) is 13.8 Å². The van der Waals surface area contributed by atoms with Crippen molar-refractivity contribution in [1.82, 2.24) is 0 Å². The average Bonchev–Trinajstić information content (AvgIpc) is 1.98. The van der Waals surface area contributed by atoms with Crippen molar-refractivity contribution in [3.8, 4) is 0 Å². The molecule has 2 nitrogen and oxygen atoms in total. The number of nitrogens with two attached hydrogens (primary N) is 1. The summed E-state index contributed by atoms with van der Waals surface area (Å²) >= 11 is 0. The first-order valence-electron chi connectivity index (χ1n) is 4.98. The van der Waals surface area contributed by atoms with Crippen molar-refractivity contribution in [3.63, 3.8) is 0 Å². The maximum absolute atomic E-state index is 5.55. The zero-order valence-corrected chi connectivity index (χ0v) is 8.68. The van der Waals surface area contributed by atoms with Crippen LogP contribution in [0.25, 0.3) is 0 Å². The van der Waals surface area contributed by atoms with Crippen LogP contribution in [0.3, 0.4) is 0 Å². The van der Waals surface area contributed by atoms with Crippen molar-refractivity contribution >= 4 is 0 Å². The quantitative estimate of drug-likeness (QED) is 0.599. The van der Waals surface area contributed by atoms with E-state index in [0.717, 1.165) is 25.5 Å². The van der Waals surface area contributed by atoms with E-state index in [0.29, 0.717) is 6.10 Å². The molecule has 0 saturated heterocycles. The second-order valence-corrected chi connectivity index (χ2v) is 3.79. The minimum absolute atomic E-state index is 0.335. The minimum atomic E-state index is 0.335. The third kappa shape index (κ3) is 8.02. The Morgan fingerprint density at radius 3 is 2.33 bits per heavy atom. The number of hydrogen-bond acceptors (Lipinski definition) is 2. The predicted molar refractivity (Wildman–Crippen MR) is 53.2 cm³/mol. The fraction of sp³-hybridized carbons (Fsp3) is 1.00. The monoisotopic (exact) mass is 173 g/mol. The van der Waals surface area contributed by atoms with Crippen molar-refractivity contribution in [1.29, 1.82) is 0 Å². The summed E-state index contributed by atoms with van der Waals surface area (Å²) in [4.78, 5) is 0. The van der Waals surface area contributed by atoms with Gasteiger partial charge < -0.3 is 10.5 Å². The van der Waals surface area contributed by atoms with Gasteiger partial charge in [0, 0.05) is 6.61 Å². The molecular weight excluding hydrogens is 150 g/mol. The summed E-state index contributed by atoms with van der Waals surface area (Å²) in [7, 11) is 0. The van der Waals surface area contributed by atoms with Crippen molar-refractivity contribution < 1.29 is 4.74 Å². The average molecular weight is 173 g/mol. The fourth-order valence-corrected chi connectivity index (χ4v) is 1.09. The van der Waals surface area contributed by atoms with E-state index in [4.69, 9.17) is 10.5 Å². The molecular formula is C10H23NO. The molecule has 0 spiro atoms. The Bertz CT molecular complexity index is 93.8. The molecule has 0 aromatic carbocycles. The molecule has 2 heteroatoms. The second kappa shape index (κ2) is 7.56. The predicted octanol–water partition coefficient (Wildman–Crippen LogP) is 2.18. The molecule has 1 unspecified atom stereocenters. The second-order valence-electron chi connectivity index (χ2n) is 3.79. The fourth-order valence-electron chi connectivity index (χ4n) is 1.09. The van der Waals surface area contributed by atoms with Gasteiger partial charge in [0.1, 0.15) is 0 Å². The van der Waals surface area contributed by atoms with E-state index in [-0.39, 0.29) is 0 Å². The van der Waals surface area contributed by atoms with Gasteiger partial charge in [-0.25, -0.2) is 0 Å². The van der Waals surface area contributed by atoms with E-state index in [1.807, 2.05) is 0 Å². The van der Waals surface area contributed by atoms with E-state index in [9.17, 15) is 0 Å². The van der Waals surface area contributed by atoms with Crippen LogP contribution in [0.15, 0.2) is 0 Å². The van der Waals surface area contributed by atoms with Crippen LogP contribution in [0.1, 0.15) is 40.0 Å². The van der Waals surface area contributed by atoms with Gasteiger partial charge in [0.2, 0.25) is 0 Å². The lowest BCUT2D eigenvalue weighted by molar-refractivity contribution is 0.0579. The molecule has 0 aliphatic rings. The molecule has 0 rings (SSSR count). The smallest absolute Gasteiger partial charge is 0.0559 e. The van der Waals surface area contributed by atoms with E-state index in [2.05, 4.69) is 20.8 Å². The molecule has 74 valence electrons. The first kappa shape index (κ1) is 11.9. The lowest BCUT2D eigenvalue weighted by Gasteiger charge is -2.12. The van der Waals surface area contributed by atoms with Crippen LogP contribution in [0, 0.1) is 5.92 Å². The molecule has 1 atom stereocenters. The molecule has 0 radical (unpaired) electrons. The molecule has 2 N–H and O–H groups in total. The van der Waals surface area contributed by atoms with Gasteiger partial charge in [-0.05, 0) is 38.6 Å². The van der Waals surface area contributed by atoms with E-state index >= 15 is 0 Å². The van der Waals surface area contributed by atoms with Gasteiger partial charge in [-0.15, -0.1) is 0 Å². The first-order valence-corrected chi connectivity index (χ1v) is 4.98. The molecule has 0 heterocycles. The number of rotatable bonds is 7. The Morgan fingerprint density at radius 1 is 1.17 bits per heavy atom.